The summed E-state index contributed by atoms with van der Waals surface area (Å²) in [4.78, 5) is 10.5. The first-order chi connectivity index (χ1) is 7.60. The van der Waals surface area contributed by atoms with E-state index in [0.29, 0.717) is 12.8 Å². The highest BCUT2D eigenvalue weighted by Crippen LogP contribution is 2.38. The molecule has 0 saturated heterocycles. The largest absolute Gasteiger partial charge is 0.481 e. The lowest BCUT2D eigenvalue weighted by Crippen LogP contribution is -2.31. The number of carboxylic acids is 1. The summed E-state index contributed by atoms with van der Waals surface area (Å²) in [6.45, 7) is 0. The maximum atomic E-state index is 10.5. The van der Waals surface area contributed by atoms with Crippen LogP contribution in [0, 0.1) is 11.8 Å². The Bertz CT molecular complexity index is 226. The molecule has 0 heterocycles. The molecular formula is C11H20O5. The summed E-state index contributed by atoms with van der Waals surface area (Å²) in [7, 11) is 3.13. The molecule has 0 amide bonds. The Kier molecular flexibility index (Phi) is 5.18. The molecule has 0 unspecified atom stereocenters. The van der Waals surface area contributed by atoms with Gasteiger partial charge < -0.3 is 19.7 Å². The van der Waals surface area contributed by atoms with Crippen molar-refractivity contribution in [3.8, 4) is 0 Å². The van der Waals surface area contributed by atoms with Gasteiger partial charge in [0.25, 0.3) is 0 Å². The molecule has 0 radical (unpaired) electrons. The van der Waals surface area contributed by atoms with Gasteiger partial charge in [-0.15, -0.1) is 0 Å². The van der Waals surface area contributed by atoms with Gasteiger partial charge in [0.15, 0.2) is 6.29 Å². The van der Waals surface area contributed by atoms with Gasteiger partial charge in [-0.2, -0.15) is 0 Å². The fourth-order valence-electron chi connectivity index (χ4n) is 2.56. The number of carboxylic acid groups (broad SMARTS) is 1. The van der Waals surface area contributed by atoms with E-state index in [0.717, 1.165) is 6.42 Å². The number of aliphatic carboxylic acids is 1. The zero-order valence-corrected chi connectivity index (χ0v) is 9.76. The van der Waals surface area contributed by atoms with Crippen LogP contribution in [0.15, 0.2) is 0 Å². The molecular weight excluding hydrogens is 212 g/mol. The highest BCUT2D eigenvalue weighted by atomic mass is 16.7. The van der Waals surface area contributed by atoms with E-state index in [2.05, 4.69) is 0 Å². The highest BCUT2D eigenvalue weighted by molar-refractivity contribution is 5.66. The molecule has 1 rings (SSSR count). The third-order valence-corrected chi connectivity index (χ3v) is 3.35. The average molecular weight is 232 g/mol. The van der Waals surface area contributed by atoms with Gasteiger partial charge in [0.05, 0.1) is 6.10 Å². The number of aliphatic hydroxyl groups is 1. The number of carbonyl (C=O) groups is 1. The Balaban J connectivity index is 2.57. The van der Waals surface area contributed by atoms with E-state index in [1.807, 2.05) is 0 Å². The van der Waals surface area contributed by atoms with Crippen LogP contribution in [-0.4, -0.2) is 42.8 Å². The lowest BCUT2D eigenvalue weighted by Gasteiger charge is -2.27. The Morgan fingerprint density at radius 3 is 2.50 bits per heavy atom. The van der Waals surface area contributed by atoms with Crippen molar-refractivity contribution in [1.82, 2.24) is 0 Å². The van der Waals surface area contributed by atoms with E-state index < -0.39 is 12.1 Å². The van der Waals surface area contributed by atoms with Crippen molar-refractivity contribution in [3.63, 3.8) is 0 Å². The number of methoxy groups -OCH3 is 2. The van der Waals surface area contributed by atoms with E-state index in [-0.39, 0.29) is 24.5 Å². The second-order valence-electron chi connectivity index (χ2n) is 4.24. The Labute approximate surface area is 95.4 Å². The third kappa shape index (κ3) is 3.17. The van der Waals surface area contributed by atoms with Crippen LogP contribution in [0.5, 0.6) is 0 Å². The van der Waals surface area contributed by atoms with Crippen LogP contribution in [0.3, 0.4) is 0 Å². The topological polar surface area (TPSA) is 76.0 Å². The van der Waals surface area contributed by atoms with Crippen molar-refractivity contribution in [2.75, 3.05) is 14.2 Å². The molecule has 5 heteroatoms. The van der Waals surface area contributed by atoms with Gasteiger partial charge in [-0.1, -0.05) is 0 Å². The molecule has 94 valence electrons. The van der Waals surface area contributed by atoms with Crippen LogP contribution in [-0.2, 0) is 14.3 Å². The Morgan fingerprint density at radius 1 is 1.38 bits per heavy atom. The molecule has 0 aromatic carbocycles. The fourth-order valence-corrected chi connectivity index (χ4v) is 2.56. The summed E-state index contributed by atoms with van der Waals surface area (Å²) in [5.41, 5.74) is 0. The van der Waals surface area contributed by atoms with Gasteiger partial charge in [-0.3, -0.25) is 4.79 Å². The van der Waals surface area contributed by atoms with Crippen molar-refractivity contribution < 1.29 is 24.5 Å². The van der Waals surface area contributed by atoms with Crippen LogP contribution in [0.2, 0.25) is 0 Å². The van der Waals surface area contributed by atoms with Gasteiger partial charge in [-0.25, -0.2) is 0 Å². The summed E-state index contributed by atoms with van der Waals surface area (Å²) in [5, 5.41) is 18.5. The molecule has 1 aliphatic rings. The molecule has 16 heavy (non-hydrogen) atoms. The zero-order valence-electron chi connectivity index (χ0n) is 9.76. The van der Waals surface area contributed by atoms with E-state index in [9.17, 15) is 9.90 Å². The summed E-state index contributed by atoms with van der Waals surface area (Å²) in [6, 6.07) is 0. The summed E-state index contributed by atoms with van der Waals surface area (Å²) < 4.78 is 10.4. The molecule has 5 nitrogen and oxygen atoms in total. The van der Waals surface area contributed by atoms with Crippen LogP contribution in [0.25, 0.3) is 0 Å². The van der Waals surface area contributed by atoms with E-state index >= 15 is 0 Å². The smallest absolute Gasteiger partial charge is 0.303 e. The third-order valence-electron chi connectivity index (χ3n) is 3.35. The highest BCUT2D eigenvalue weighted by Gasteiger charge is 2.39. The van der Waals surface area contributed by atoms with Crippen LogP contribution in [0.4, 0.5) is 0 Å². The Hall–Kier alpha value is -0.650. The molecule has 0 aliphatic heterocycles. The summed E-state index contributed by atoms with van der Waals surface area (Å²) in [6.07, 6.45) is 1.28. The second-order valence-corrected chi connectivity index (χ2v) is 4.24. The fraction of sp³-hybridized carbons (Fsp3) is 0.909. The van der Waals surface area contributed by atoms with Crippen LogP contribution < -0.4 is 0 Å². The van der Waals surface area contributed by atoms with Crippen molar-refractivity contribution in [2.45, 2.75) is 38.1 Å². The molecule has 2 N–H and O–H groups in total. The van der Waals surface area contributed by atoms with E-state index in [1.165, 1.54) is 0 Å². The van der Waals surface area contributed by atoms with Crippen molar-refractivity contribution in [2.24, 2.45) is 11.8 Å². The Morgan fingerprint density at radius 2 is 2.00 bits per heavy atom. The lowest BCUT2D eigenvalue weighted by molar-refractivity contribution is -0.151. The molecule has 0 bridgehead atoms. The number of hydrogen-bond acceptors (Lipinski definition) is 4. The predicted molar refractivity (Wildman–Crippen MR) is 56.9 cm³/mol. The van der Waals surface area contributed by atoms with Gasteiger partial charge in [-0.05, 0) is 25.2 Å². The van der Waals surface area contributed by atoms with Crippen molar-refractivity contribution in [3.05, 3.63) is 0 Å². The minimum atomic E-state index is -0.829. The number of aliphatic hydroxyl groups excluding tert-OH is 1. The first-order valence-corrected chi connectivity index (χ1v) is 5.55. The molecule has 3 atom stereocenters. The number of ether oxygens (including phenoxy) is 2. The predicted octanol–water partition coefficient (Wildman–Crippen LogP) is 0.857. The molecule has 1 aliphatic carbocycles. The minimum absolute atomic E-state index is 0.0407. The van der Waals surface area contributed by atoms with Gasteiger partial charge >= 0.3 is 5.97 Å². The minimum Gasteiger partial charge on any atom is -0.481 e. The molecule has 1 saturated carbocycles. The number of rotatable bonds is 6. The van der Waals surface area contributed by atoms with Gasteiger partial charge in [0.2, 0.25) is 0 Å². The standard InChI is InChI=1S/C11H20O5/c1-15-11(16-2)8-3-5-9(12)7(8)4-6-10(13)14/h7-9,11-12H,3-6H2,1-2H3,(H,13,14)/t7-,8+,9+/m0/s1. The van der Waals surface area contributed by atoms with Crippen LogP contribution in [0.1, 0.15) is 25.7 Å². The van der Waals surface area contributed by atoms with Crippen molar-refractivity contribution >= 4 is 5.97 Å². The van der Waals surface area contributed by atoms with Crippen molar-refractivity contribution in [1.29, 1.82) is 0 Å². The lowest BCUT2D eigenvalue weighted by atomic mass is 9.89. The van der Waals surface area contributed by atoms with E-state index in [4.69, 9.17) is 14.6 Å². The summed E-state index contributed by atoms with van der Waals surface area (Å²) in [5.74, 6) is -0.783. The number of hydrogen-bond donors (Lipinski definition) is 2. The molecule has 0 aromatic rings. The van der Waals surface area contributed by atoms with E-state index in [1.54, 1.807) is 14.2 Å². The normalized spacial score (nSPS) is 29.9. The maximum Gasteiger partial charge on any atom is 0.303 e. The molecule has 0 spiro atoms. The first kappa shape index (κ1) is 13.4. The molecule has 0 aromatic heterocycles. The SMILES string of the molecule is COC(OC)[C@@H]1CC[C@@H](O)[C@H]1CCC(=O)O. The zero-order chi connectivity index (χ0) is 12.1. The monoisotopic (exact) mass is 232 g/mol. The summed E-state index contributed by atoms with van der Waals surface area (Å²) >= 11 is 0. The van der Waals surface area contributed by atoms with Gasteiger partial charge in [0.1, 0.15) is 0 Å². The van der Waals surface area contributed by atoms with Crippen LogP contribution >= 0.6 is 0 Å². The quantitative estimate of drug-likeness (QED) is 0.664. The van der Waals surface area contributed by atoms with Gasteiger partial charge in [0, 0.05) is 26.6 Å². The average Bonchev–Trinajstić information content (AvgIpc) is 2.59. The maximum absolute atomic E-state index is 10.5. The first-order valence-electron chi connectivity index (χ1n) is 5.55. The molecule has 1 fully saturated rings. The second kappa shape index (κ2) is 6.18.